The lowest BCUT2D eigenvalue weighted by molar-refractivity contribution is -0.124. The van der Waals surface area contributed by atoms with Crippen LogP contribution in [0.15, 0.2) is 48.5 Å². The van der Waals surface area contributed by atoms with Crippen molar-refractivity contribution in [3.63, 3.8) is 0 Å². The number of carbonyl (C=O) groups is 2. The van der Waals surface area contributed by atoms with E-state index in [0.717, 1.165) is 16.0 Å². The van der Waals surface area contributed by atoms with Crippen molar-refractivity contribution in [3.8, 4) is 11.5 Å². The van der Waals surface area contributed by atoms with Gasteiger partial charge >= 0.3 is 6.09 Å². The molecule has 1 saturated heterocycles. The van der Waals surface area contributed by atoms with Crippen molar-refractivity contribution in [1.82, 2.24) is 4.90 Å². The molecule has 0 aromatic heterocycles. The largest absolute Gasteiger partial charge is 0.496 e. The first-order valence-electron chi connectivity index (χ1n) is 8.50. The Morgan fingerprint density at radius 3 is 2.52 bits per heavy atom. The van der Waals surface area contributed by atoms with Crippen molar-refractivity contribution in [3.05, 3.63) is 65.2 Å². The maximum atomic E-state index is 12.7. The molecule has 6 nitrogen and oxygen atoms in total. The average molecular weight is 367 g/mol. The molecule has 1 aliphatic rings. The van der Waals surface area contributed by atoms with E-state index in [0.29, 0.717) is 17.1 Å². The molecular weight excluding hydrogens is 346 g/mol. The molecule has 0 radical (unpaired) electrons. The van der Waals surface area contributed by atoms with Crippen LogP contribution in [0.3, 0.4) is 0 Å². The minimum atomic E-state index is -0.646. The number of benzene rings is 2. The van der Waals surface area contributed by atoms with Crippen LogP contribution >= 0.6 is 0 Å². The van der Waals surface area contributed by atoms with Crippen LogP contribution in [0.25, 0.3) is 6.08 Å². The Balaban J connectivity index is 1.87. The van der Waals surface area contributed by atoms with Gasteiger partial charge in [0.25, 0.3) is 5.91 Å². The number of cyclic esters (lactones) is 1. The highest BCUT2D eigenvalue weighted by Gasteiger charge is 2.37. The molecule has 2 amide bonds. The zero-order valence-corrected chi connectivity index (χ0v) is 15.5. The van der Waals surface area contributed by atoms with Crippen LogP contribution in [0.4, 0.5) is 4.79 Å². The molecular formula is C21H21NO5. The summed E-state index contributed by atoms with van der Waals surface area (Å²) in [6.07, 6.45) is 2.30. The molecule has 1 atom stereocenters. The number of rotatable bonds is 5. The SMILES string of the molecule is COc1cc(/C=C/C(=O)N2C(=O)OC[C@H]2c2ccccc2)c(OC)cc1C. The number of hydrogen-bond donors (Lipinski definition) is 0. The first-order chi connectivity index (χ1) is 13.0. The molecule has 140 valence electrons. The predicted molar refractivity (Wildman–Crippen MR) is 101 cm³/mol. The van der Waals surface area contributed by atoms with Gasteiger partial charge in [0, 0.05) is 11.6 Å². The quantitative estimate of drug-likeness (QED) is 0.753. The van der Waals surface area contributed by atoms with Crippen molar-refractivity contribution in [2.45, 2.75) is 13.0 Å². The summed E-state index contributed by atoms with van der Waals surface area (Å²) in [5.74, 6) is 0.847. The van der Waals surface area contributed by atoms with E-state index in [4.69, 9.17) is 14.2 Å². The summed E-state index contributed by atoms with van der Waals surface area (Å²) in [5, 5.41) is 0. The lowest BCUT2D eigenvalue weighted by Gasteiger charge is -2.18. The van der Waals surface area contributed by atoms with E-state index in [9.17, 15) is 9.59 Å². The summed E-state index contributed by atoms with van der Waals surface area (Å²) >= 11 is 0. The van der Waals surface area contributed by atoms with Crippen LogP contribution in [0.5, 0.6) is 11.5 Å². The molecule has 0 saturated carbocycles. The highest BCUT2D eigenvalue weighted by Crippen LogP contribution is 2.30. The van der Waals surface area contributed by atoms with Crippen LogP contribution in [-0.4, -0.2) is 37.7 Å². The Hall–Kier alpha value is -3.28. The van der Waals surface area contributed by atoms with Crippen LogP contribution in [0, 0.1) is 6.92 Å². The smallest absolute Gasteiger partial charge is 0.417 e. The Kier molecular flexibility index (Phi) is 5.45. The van der Waals surface area contributed by atoms with Crippen molar-refractivity contribution < 1.29 is 23.8 Å². The number of hydrogen-bond acceptors (Lipinski definition) is 5. The second-order valence-corrected chi connectivity index (χ2v) is 6.11. The normalized spacial score (nSPS) is 16.5. The zero-order valence-electron chi connectivity index (χ0n) is 15.5. The molecule has 0 bridgehead atoms. The summed E-state index contributed by atoms with van der Waals surface area (Å²) in [6, 6.07) is 12.5. The van der Waals surface area contributed by atoms with Gasteiger partial charge in [-0.2, -0.15) is 0 Å². The van der Waals surface area contributed by atoms with Gasteiger partial charge in [0.1, 0.15) is 24.1 Å². The molecule has 1 heterocycles. The first kappa shape index (κ1) is 18.5. The molecule has 0 N–H and O–H groups in total. The van der Waals surface area contributed by atoms with Gasteiger partial charge in [-0.3, -0.25) is 4.79 Å². The third-order valence-corrected chi connectivity index (χ3v) is 4.45. The fourth-order valence-corrected chi connectivity index (χ4v) is 3.03. The van der Waals surface area contributed by atoms with Crippen molar-refractivity contribution >= 4 is 18.1 Å². The van der Waals surface area contributed by atoms with Crippen molar-refractivity contribution in [2.75, 3.05) is 20.8 Å². The maximum absolute atomic E-state index is 12.7. The lowest BCUT2D eigenvalue weighted by atomic mass is 10.1. The highest BCUT2D eigenvalue weighted by molar-refractivity contribution is 6.02. The van der Waals surface area contributed by atoms with E-state index in [1.165, 1.54) is 6.08 Å². The van der Waals surface area contributed by atoms with Gasteiger partial charge in [-0.15, -0.1) is 0 Å². The molecule has 2 aromatic rings. The monoisotopic (exact) mass is 367 g/mol. The number of imide groups is 1. The third kappa shape index (κ3) is 3.79. The first-order valence-corrected chi connectivity index (χ1v) is 8.50. The molecule has 2 aromatic carbocycles. The Morgan fingerprint density at radius 1 is 1.15 bits per heavy atom. The van der Waals surface area contributed by atoms with Gasteiger partial charge in [-0.25, -0.2) is 9.69 Å². The van der Waals surface area contributed by atoms with Gasteiger partial charge in [-0.1, -0.05) is 30.3 Å². The number of ether oxygens (including phenoxy) is 3. The molecule has 0 aliphatic carbocycles. The zero-order chi connectivity index (χ0) is 19.4. The van der Waals surface area contributed by atoms with Crippen LogP contribution in [0.2, 0.25) is 0 Å². The maximum Gasteiger partial charge on any atom is 0.417 e. The standard InChI is InChI=1S/C21H21NO5/c1-14-11-19(26-3)16(12-18(14)25-2)9-10-20(23)22-17(13-27-21(22)24)15-7-5-4-6-8-15/h4-12,17H,13H2,1-3H3/b10-9+/t17-/m0/s1. The number of methoxy groups -OCH3 is 2. The summed E-state index contributed by atoms with van der Waals surface area (Å²) in [4.78, 5) is 25.9. The summed E-state index contributed by atoms with van der Waals surface area (Å²) in [6.45, 7) is 2.05. The number of aryl methyl sites for hydroxylation is 1. The topological polar surface area (TPSA) is 65.1 Å². The van der Waals surface area contributed by atoms with Crippen LogP contribution in [0.1, 0.15) is 22.7 Å². The lowest BCUT2D eigenvalue weighted by Crippen LogP contribution is -2.32. The van der Waals surface area contributed by atoms with Gasteiger partial charge in [-0.05, 0) is 36.3 Å². The predicted octanol–water partition coefficient (Wildman–Crippen LogP) is 3.75. The molecule has 3 rings (SSSR count). The van der Waals surface area contributed by atoms with Crippen LogP contribution in [-0.2, 0) is 9.53 Å². The van der Waals surface area contributed by atoms with E-state index < -0.39 is 18.0 Å². The van der Waals surface area contributed by atoms with E-state index in [1.54, 1.807) is 26.4 Å². The van der Waals surface area contributed by atoms with E-state index in [-0.39, 0.29) is 6.61 Å². The average Bonchev–Trinajstić information content (AvgIpc) is 3.08. The number of amides is 2. The fraction of sp³-hybridized carbons (Fsp3) is 0.238. The van der Waals surface area contributed by atoms with Gasteiger partial charge in [0.15, 0.2) is 0 Å². The second-order valence-electron chi connectivity index (χ2n) is 6.11. The minimum absolute atomic E-state index is 0.143. The van der Waals surface area contributed by atoms with Gasteiger partial charge < -0.3 is 14.2 Å². The van der Waals surface area contributed by atoms with Crippen molar-refractivity contribution in [2.24, 2.45) is 0 Å². The van der Waals surface area contributed by atoms with E-state index in [1.807, 2.05) is 43.3 Å². The molecule has 27 heavy (non-hydrogen) atoms. The van der Waals surface area contributed by atoms with Gasteiger partial charge in [0.2, 0.25) is 0 Å². The summed E-state index contributed by atoms with van der Waals surface area (Å²) in [7, 11) is 3.14. The van der Waals surface area contributed by atoms with E-state index in [2.05, 4.69) is 0 Å². The third-order valence-electron chi connectivity index (χ3n) is 4.45. The molecule has 1 aliphatic heterocycles. The van der Waals surface area contributed by atoms with E-state index >= 15 is 0 Å². The van der Waals surface area contributed by atoms with Crippen molar-refractivity contribution in [1.29, 1.82) is 0 Å². The van der Waals surface area contributed by atoms with Gasteiger partial charge in [0.05, 0.1) is 14.2 Å². The molecule has 0 unspecified atom stereocenters. The number of carbonyl (C=O) groups excluding carboxylic acids is 2. The van der Waals surface area contributed by atoms with Crippen LogP contribution < -0.4 is 9.47 Å². The minimum Gasteiger partial charge on any atom is -0.496 e. The highest BCUT2D eigenvalue weighted by atomic mass is 16.6. The fourth-order valence-electron chi connectivity index (χ4n) is 3.03. The second kappa shape index (κ2) is 7.95. The Bertz CT molecular complexity index is 876. The summed E-state index contributed by atoms with van der Waals surface area (Å²) < 4.78 is 15.8. The molecule has 0 spiro atoms. The molecule has 1 fully saturated rings. The Labute approximate surface area is 158 Å². The number of nitrogens with zero attached hydrogens (tertiary/aromatic N) is 1. The molecule has 6 heteroatoms. The Morgan fingerprint density at radius 2 is 1.85 bits per heavy atom. The summed E-state index contributed by atoms with van der Waals surface area (Å²) in [5.41, 5.74) is 2.45.